The second-order valence-corrected chi connectivity index (χ2v) is 10.1. The van der Waals surface area contributed by atoms with Gasteiger partial charge in [-0.15, -0.1) is 0 Å². The van der Waals surface area contributed by atoms with E-state index in [0.29, 0.717) is 30.5 Å². The molecule has 184 valence electrons. The van der Waals surface area contributed by atoms with E-state index in [0.717, 1.165) is 5.56 Å². The Hall–Kier alpha value is -2.97. The fraction of sp³-hybridized carbons (Fsp3) is 0.500. The first-order valence-corrected chi connectivity index (χ1v) is 11.7. The van der Waals surface area contributed by atoms with Crippen LogP contribution in [-0.2, 0) is 11.2 Å². The molecule has 0 aliphatic carbocycles. The zero-order valence-corrected chi connectivity index (χ0v) is 20.6. The molecule has 1 aliphatic heterocycles. The predicted molar refractivity (Wildman–Crippen MR) is 132 cm³/mol. The second-order valence-electron chi connectivity index (χ2n) is 10.1. The van der Waals surface area contributed by atoms with E-state index in [1.165, 1.54) is 4.90 Å². The number of hydrogen-bond donors (Lipinski definition) is 4. The van der Waals surface area contributed by atoms with Crippen LogP contribution in [0.2, 0.25) is 0 Å². The Morgan fingerprint density at radius 3 is 2.44 bits per heavy atom. The molecule has 2 heterocycles. The zero-order chi connectivity index (χ0) is 25.1. The molecule has 2 aromatic rings. The molecular formula is C26H36N4O4. The minimum atomic E-state index is -1.04. The first-order chi connectivity index (χ1) is 16.0. The first kappa shape index (κ1) is 25.6. The maximum Gasteiger partial charge on any atom is 0.408 e. The number of pyridine rings is 1. The summed E-state index contributed by atoms with van der Waals surface area (Å²) in [5.41, 5.74) is 0.752. The lowest BCUT2D eigenvalue weighted by Crippen LogP contribution is -2.61. The number of carbonyl (C=O) groups is 2. The van der Waals surface area contributed by atoms with Crippen molar-refractivity contribution in [3.8, 4) is 0 Å². The Bertz CT molecular complexity index is 990. The maximum absolute atomic E-state index is 12.6. The summed E-state index contributed by atoms with van der Waals surface area (Å²) in [6, 6.07) is 10.4. The van der Waals surface area contributed by atoms with Gasteiger partial charge in [-0.25, -0.2) is 4.79 Å². The summed E-state index contributed by atoms with van der Waals surface area (Å²) in [4.78, 5) is 30.3. The molecular weight excluding hydrogens is 432 g/mol. The van der Waals surface area contributed by atoms with Gasteiger partial charge in [0.05, 0.1) is 11.6 Å². The zero-order valence-electron chi connectivity index (χ0n) is 20.6. The molecule has 0 bridgehead atoms. The highest BCUT2D eigenvalue weighted by Crippen LogP contribution is 2.53. The van der Waals surface area contributed by atoms with Gasteiger partial charge in [-0.1, -0.05) is 39.0 Å². The molecule has 4 N–H and O–H groups in total. The summed E-state index contributed by atoms with van der Waals surface area (Å²) in [6.45, 7) is 7.73. The normalized spacial score (nSPS) is 22.3. The van der Waals surface area contributed by atoms with Crippen molar-refractivity contribution in [1.29, 1.82) is 0 Å². The molecule has 1 aromatic heterocycles. The topological polar surface area (TPSA) is 115 Å². The van der Waals surface area contributed by atoms with E-state index in [2.05, 4.69) is 15.6 Å². The van der Waals surface area contributed by atoms with E-state index in [-0.39, 0.29) is 18.0 Å². The van der Waals surface area contributed by atoms with Crippen molar-refractivity contribution in [3.05, 3.63) is 59.9 Å². The van der Waals surface area contributed by atoms with Crippen LogP contribution in [0, 0.1) is 5.41 Å². The van der Waals surface area contributed by atoms with Crippen LogP contribution in [0.1, 0.15) is 57.8 Å². The minimum Gasteiger partial charge on any atom is -0.465 e. The summed E-state index contributed by atoms with van der Waals surface area (Å²) in [5, 5.41) is 27.6. The number of hydrogen-bond acceptors (Lipinski definition) is 5. The van der Waals surface area contributed by atoms with E-state index >= 15 is 0 Å². The van der Waals surface area contributed by atoms with Gasteiger partial charge >= 0.3 is 6.09 Å². The summed E-state index contributed by atoms with van der Waals surface area (Å²) in [5.74, 6) is -0.123. The fourth-order valence-electron chi connectivity index (χ4n) is 5.09. The van der Waals surface area contributed by atoms with Crippen molar-refractivity contribution in [2.24, 2.45) is 5.41 Å². The summed E-state index contributed by atoms with van der Waals surface area (Å²) >= 11 is 0. The second kappa shape index (κ2) is 10.1. The van der Waals surface area contributed by atoms with Crippen LogP contribution < -0.4 is 10.6 Å². The Morgan fingerprint density at radius 1 is 1.24 bits per heavy atom. The smallest absolute Gasteiger partial charge is 0.408 e. The standard InChI is InChI=1S/C26H36N4O4/c1-17(27-5)23(32)29-20-10-8-18(9-11-20)15-21-12-13-26(25(2,3)4,30(21)24(33)34)22(31)19-7-6-14-28-16-19/h6-11,14,16-17,21-22,27,31H,12-13,15H2,1-5H3,(H,29,32)(H,33,34)/t17-,21-,22+,26-/m0/s1. The molecule has 1 aromatic carbocycles. The molecule has 0 saturated carbocycles. The lowest BCUT2D eigenvalue weighted by atomic mass is 9.67. The Labute approximate surface area is 201 Å². The van der Waals surface area contributed by atoms with Crippen molar-refractivity contribution in [2.45, 2.75) is 70.7 Å². The van der Waals surface area contributed by atoms with Gasteiger partial charge in [0.15, 0.2) is 0 Å². The molecule has 0 spiro atoms. The Balaban J connectivity index is 1.86. The number of aromatic nitrogens is 1. The molecule has 1 fully saturated rings. The molecule has 8 nitrogen and oxygen atoms in total. The minimum absolute atomic E-state index is 0.123. The number of aliphatic hydroxyl groups excluding tert-OH is 1. The van der Waals surface area contributed by atoms with Crippen LogP contribution in [0.15, 0.2) is 48.8 Å². The molecule has 4 atom stereocenters. The SMILES string of the molecule is CN[C@@H](C)C(=O)Nc1ccc(C[C@@H]2CC[C@]([C@H](O)c3cccnc3)(C(C)(C)C)N2C(=O)O)cc1. The molecule has 0 unspecified atom stereocenters. The number of rotatable bonds is 7. The predicted octanol–water partition coefficient (Wildman–Crippen LogP) is 3.83. The van der Waals surface area contributed by atoms with Gasteiger partial charge in [-0.3, -0.25) is 14.7 Å². The lowest BCUT2D eigenvalue weighted by molar-refractivity contribution is -0.117. The van der Waals surface area contributed by atoms with Gasteiger partial charge in [-0.2, -0.15) is 0 Å². The van der Waals surface area contributed by atoms with Gasteiger partial charge in [0.2, 0.25) is 5.91 Å². The van der Waals surface area contributed by atoms with Crippen LogP contribution in [0.5, 0.6) is 0 Å². The largest absolute Gasteiger partial charge is 0.465 e. The molecule has 1 saturated heterocycles. The molecule has 2 amide bonds. The third-order valence-electron chi connectivity index (χ3n) is 7.13. The highest BCUT2D eigenvalue weighted by Gasteiger charge is 2.59. The van der Waals surface area contributed by atoms with Crippen molar-refractivity contribution >= 4 is 17.7 Å². The monoisotopic (exact) mass is 468 g/mol. The van der Waals surface area contributed by atoms with Gasteiger partial charge < -0.3 is 20.8 Å². The van der Waals surface area contributed by atoms with E-state index < -0.39 is 23.2 Å². The number of anilines is 1. The molecule has 34 heavy (non-hydrogen) atoms. The molecule has 1 aliphatic rings. The third-order valence-corrected chi connectivity index (χ3v) is 7.13. The number of amides is 2. The van der Waals surface area contributed by atoms with Crippen LogP contribution in [0.4, 0.5) is 10.5 Å². The number of nitrogens with zero attached hydrogens (tertiary/aromatic N) is 2. The highest BCUT2D eigenvalue weighted by atomic mass is 16.4. The molecule has 0 radical (unpaired) electrons. The quantitative estimate of drug-likeness (QED) is 0.491. The van der Waals surface area contributed by atoms with Crippen molar-refractivity contribution in [1.82, 2.24) is 15.2 Å². The van der Waals surface area contributed by atoms with Gasteiger partial charge in [0, 0.05) is 29.7 Å². The van der Waals surface area contributed by atoms with Crippen molar-refractivity contribution in [3.63, 3.8) is 0 Å². The van der Waals surface area contributed by atoms with Gasteiger partial charge in [0.25, 0.3) is 0 Å². The number of carboxylic acid groups (broad SMARTS) is 1. The van der Waals surface area contributed by atoms with Crippen molar-refractivity contribution < 1.29 is 19.8 Å². The average Bonchev–Trinajstić information content (AvgIpc) is 3.20. The van der Waals surface area contributed by atoms with Crippen LogP contribution >= 0.6 is 0 Å². The Morgan fingerprint density at radius 2 is 1.91 bits per heavy atom. The number of likely N-dealkylation sites (tertiary alicyclic amines) is 1. The van der Waals surface area contributed by atoms with Gasteiger partial charge in [0.1, 0.15) is 6.10 Å². The van der Waals surface area contributed by atoms with Gasteiger partial charge in [-0.05, 0) is 62.4 Å². The third kappa shape index (κ3) is 4.93. The van der Waals surface area contributed by atoms with E-state index in [4.69, 9.17) is 0 Å². The van der Waals surface area contributed by atoms with E-state index in [1.807, 2.05) is 45.0 Å². The number of likely N-dealkylation sites (N-methyl/N-ethyl adjacent to an activating group) is 1. The summed E-state index contributed by atoms with van der Waals surface area (Å²) < 4.78 is 0. The van der Waals surface area contributed by atoms with Crippen LogP contribution in [0.3, 0.4) is 0 Å². The fourth-order valence-corrected chi connectivity index (χ4v) is 5.09. The first-order valence-electron chi connectivity index (χ1n) is 11.7. The molecule has 8 heteroatoms. The average molecular weight is 469 g/mol. The van der Waals surface area contributed by atoms with Crippen LogP contribution in [0.25, 0.3) is 0 Å². The number of benzene rings is 1. The number of aliphatic hydroxyl groups is 1. The molecule has 3 rings (SSSR count). The highest BCUT2D eigenvalue weighted by molar-refractivity contribution is 5.94. The summed E-state index contributed by atoms with van der Waals surface area (Å²) in [6.07, 6.45) is 2.90. The van der Waals surface area contributed by atoms with Crippen molar-refractivity contribution in [2.75, 3.05) is 12.4 Å². The van der Waals surface area contributed by atoms with E-state index in [9.17, 15) is 19.8 Å². The lowest BCUT2D eigenvalue weighted by Gasteiger charge is -2.51. The Kier molecular flexibility index (Phi) is 7.63. The summed E-state index contributed by atoms with van der Waals surface area (Å²) in [7, 11) is 1.73. The number of carbonyl (C=O) groups excluding carboxylic acids is 1. The maximum atomic E-state index is 12.6. The van der Waals surface area contributed by atoms with Crippen LogP contribution in [-0.4, -0.2) is 56.8 Å². The van der Waals surface area contributed by atoms with E-state index in [1.54, 1.807) is 38.5 Å². The number of nitrogens with one attached hydrogen (secondary N) is 2.